The van der Waals surface area contributed by atoms with E-state index in [4.69, 9.17) is 0 Å². The lowest BCUT2D eigenvalue weighted by molar-refractivity contribution is -0.141. The Kier molecular flexibility index (Phi) is 7.12. The number of H-pyrrole nitrogens is 1. The highest BCUT2D eigenvalue weighted by molar-refractivity contribution is 5.94. The standard InChI is InChI=1S/C25H28N4O5/c30-22(15-27-25(34)29-12-6-11-21(29)24(32)33)20(28-23(31)16-7-2-1-3-8-16)13-17-14-26-19-10-5-4-9-18(17)19/h1-5,7-10,14,20-22,26,30H,6,11-13,15H2,(H,27,34)(H,28,31)(H,32,33)/t20?,21-,22?/m0/s1. The Bertz CT molecular complexity index is 1160. The molecule has 0 saturated carbocycles. The number of carbonyl (C=O) groups excluding carboxylic acids is 2. The number of urea groups is 1. The van der Waals surface area contributed by atoms with Gasteiger partial charge in [-0.15, -0.1) is 0 Å². The molecule has 1 aliphatic rings. The van der Waals surface area contributed by atoms with E-state index in [0.717, 1.165) is 16.5 Å². The van der Waals surface area contributed by atoms with Crippen molar-refractivity contribution in [1.82, 2.24) is 20.5 Å². The molecule has 0 aliphatic carbocycles. The summed E-state index contributed by atoms with van der Waals surface area (Å²) in [4.78, 5) is 41.2. The normalized spacial score (nSPS) is 17.3. The third kappa shape index (κ3) is 5.20. The number of aliphatic carboxylic acids is 1. The molecule has 3 atom stereocenters. The molecule has 2 unspecified atom stereocenters. The highest BCUT2D eigenvalue weighted by Gasteiger charge is 2.34. The van der Waals surface area contributed by atoms with Gasteiger partial charge in [-0.05, 0) is 43.0 Å². The maximum atomic E-state index is 12.8. The van der Waals surface area contributed by atoms with Gasteiger partial charge in [0.05, 0.1) is 12.1 Å². The van der Waals surface area contributed by atoms with Crippen LogP contribution in [0.1, 0.15) is 28.8 Å². The first-order valence-corrected chi connectivity index (χ1v) is 11.3. The minimum absolute atomic E-state index is 0.135. The third-order valence-corrected chi connectivity index (χ3v) is 6.19. The summed E-state index contributed by atoms with van der Waals surface area (Å²) in [7, 11) is 0. The van der Waals surface area contributed by atoms with Gasteiger partial charge in [0.25, 0.3) is 5.91 Å². The Labute approximate surface area is 196 Å². The Morgan fingerprint density at radius 2 is 1.82 bits per heavy atom. The molecular formula is C25H28N4O5. The molecule has 9 heteroatoms. The van der Waals surface area contributed by atoms with Crippen LogP contribution < -0.4 is 10.6 Å². The third-order valence-electron chi connectivity index (χ3n) is 6.19. The Hall–Kier alpha value is -3.85. The fourth-order valence-electron chi connectivity index (χ4n) is 4.36. The van der Waals surface area contributed by atoms with E-state index in [1.54, 1.807) is 24.3 Å². The minimum Gasteiger partial charge on any atom is -0.480 e. The van der Waals surface area contributed by atoms with Crippen molar-refractivity contribution < 1.29 is 24.6 Å². The largest absolute Gasteiger partial charge is 0.480 e. The zero-order valence-electron chi connectivity index (χ0n) is 18.6. The van der Waals surface area contributed by atoms with Crippen molar-refractivity contribution in [2.75, 3.05) is 13.1 Å². The number of hydrogen-bond acceptors (Lipinski definition) is 4. The number of aromatic amines is 1. The number of benzene rings is 2. The second-order valence-corrected chi connectivity index (χ2v) is 8.45. The van der Waals surface area contributed by atoms with Crippen LogP contribution in [0.5, 0.6) is 0 Å². The van der Waals surface area contributed by atoms with E-state index in [-0.39, 0.29) is 12.5 Å². The molecule has 178 valence electrons. The second kappa shape index (κ2) is 10.4. The number of aliphatic hydroxyl groups excluding tert-OH is 1. The molecule has 4 rings (SSSR count). The number of amides is 3. The number of likely N-dealkylation sites (tertiary alicyclic amines) is 1. The molecule has 0 bridgehead atoms. The number of rotatable bonds is 8. The number of para-hydroxylation sites is 1. The van der Waals surface area contributed by atoms with Crippen LogP contribution in [0.3, 0.4) is 0 Å². The number of hydrogen-bond donors (Lipinski definition) is 5. The maximum Gasteiger partial charge on any atom is 0.326 e. The fraction of sp³-hybridized carbons (Fsp3) is 0.320. The van der Waals surface area contributed by atoms with Crippen LogP contribution in [0.25, 0.3) is 10.9 Å². The molecule has 1 aromatic heterocycles. The molecule has 0 spiro atoms. The van der Waals surface area contributed by atoms with Crippen LogP contribution in [0.4, 0.5) is 4.79 Å². The number of carbonyl (C=O) groups is 3. The smallest absolute Gasteiger partial charge is 0.326 e. The van der Waals surface area contributed by atoms with Crippen molar-refractivity contribution >= 4 is 28.8 Å². The Morgan fingerprint density at radius 1 is 1.09 bits per heavy atom. The number of carboxylic acid groups (broad SMARTS) is 1. The Morgan fingerprint density at radius 3 is 2.59 bits per heavy atom. The molecule has 2 aromatic carbocycles. The van der Waals surface area contributed by atoms with Crippen molar-refractivity contribution in [3.05, 3.63) is 71.9 Å². The van der Waals surface area contributed by atoms with Gasteiger partial charge < -0.3 is 30.7 Å². The van der Waals surface area contributed by atoms with Crippen LogP contribution >= 0.6 is 0 Å². The average Bonchev–Trinajstić information content (AvgIpc) is 3.50. The van der Waals surface area contributed by atoms with Gasteiger partial charge in [-0.1, -0.05) is 36.4 Å². The monoisotopic (exact) mass is 464 g/mol. The maximum absolute atomic E-state index is 12.8. The van der Waals surface area contributed by atoms with Gasteiger partial charge in [0, 0.05) is 35.8 Å². The number of nitrogens with zero attached hydrogens (tertiary/aromatic N) is 1. The summed E-state index contributed by atoms with van der Waals surface area (Å²) < 4.78 is 0. The summed E-state index contributed by atoms with van der Waals surface area (Å²) in [6.07, 6.45) is 2.10. The number of aliphatic hydroxyl groups is 1. The van der Waals surface area contributed by atoms with Crippen molar-refractivity contribution in [3.8, 4) is 0 Å². The molecule has 3 aromatic rings. The van der Waals surface area contributed by atoms with Gasteiger partial charge in [0.1, 0.15) is 6.04 Å². The summed E-state index contributed by atoms with van der Waals surface area (Å²) >= 11 is 0. The topological polar surface area (TPSA) is 135 Å². The van der Waals surface area contributed by atoms with Crippen molar-refractivity contribution in [1.29, 1.82) is 0 Å². The second-order valence-electron chi connectivity index (χ2n) is 8.45. The van der Waals surface area contributed by atoms with Gasteiger partial charge in [0.15, 0.2) is 0 Å². The molecule has 2 heterocycles. The predicted octanol–water partition coefficient (Wildman–Crippen LogP) is 2.13. The van der Waals surface area contributed by atoms with E-state index in [2.05, 4.69) is 15.6 Å². The first kappa shape index (κ1) is 23.3. The summed E-state index contributed by atoms with van der Waals surface area (Å²) in [5.41, 5.74) is 2.33. The highest BCUT2D eigenvalue weighted by Crippen LogP contribution is 2.21. The van der Waals surface area contributed by atoms with Crippen LogP contribution in [-0.2, 0) is 11.2 Å². The summed E-state index contributed by atoms with van der Waals surface area (Å²) in [6.45, 7) is 0.214. The van der Waals surface area contributed by atoms with E-state index in [1.807, 2.05) is 36.5 Å². The molecule has 1 aliphatic heterocycles. The van der Waals surface area contributed by atoms with Crippen molar-refractivity contribution in [3.63, 3.8) is 0 Å². The molecule has 3 amide bonds. The van der Waals surface area contributed by atoms with Gasteiger partial charge in [-0.25, -0.2) is 9.59 Å². The van der Waals surface area contributed by atoms with E-state index in [1.165, 1.54) is 4.90 Å². The summed E-state index contributed by atoms with van der Waals surface area (Å²) in [5, 5.41) is 26.8. The van der Waals surface area contributed by atoms with E-state index in [9.17, 15) is 24.6 Å². The van der Waals surface area contributed by atoms with Crippen molar-refractivity contribution in [2.45, 2.75) is 37.5 Å². The molecule has 5 N–H and O–H groups in total. The SMILES string of the molecule is O=C(NC(Cc1c[nH]c2ccccc12)C(O)CNC(=O)N1CCC[C@H]1C(=O)O)c1ccccc1. The van der Waals surface area contributed by atoms with Crippen molar-refractivity contribution in [2.24, 2.45) is 0 Å². The molecule has 34 heavy (non-hydrogen) atoms. The Balaban J connectivity index is 1.48. The zero-order chi connectivity index (χ0) is 24.1. The lowest BCUT2D eigenvalue weighted by Gasteiger charge is -2.27. The molecule has 1 fully saturated rings. The lowest BCUT2D eigenvalue weighted by atomic mass is 10.00. The number of nitrogens with one attached hydrogen (secondary N) is 3. The molecular weight excluding hydrogens is 436 g/mol. The van der Waals surface area contributed by atoms with Crippen LogP contribution in [0.2, 0.25) is 0 Å². The molecule has 1 saturated heterocycles. The quantitative estimate of drug-likeness (QED) is 0.348. The van der Waals surface area contributed by atoms with Gasteiger partial charge in [-0.3, -0.25) is 4.79 Å². The number of carboxylic acids is 1. The summed E-state index contributed by atoms with van der Waals surface area (Å²) in [5.74, 6) is -1.37. The van der Waals surface area contributed by atoms with Crippen LogP contribution in [0.15, 0.2) is 60.8 Å². The lowest BCUT2D eigenvalue weighted by Crippen LogP contribution is -2.52. The van der Waals surface area contributed by atoms with Gasteiger partial charge in [-0.2, -0.15) is 0 Å². The van der Waals surface area contributed by atoms with Gasteiger partial charge in [0.2, 0.25) is 0 Å². The van der Waals surface area contributed by atoms with Gasteiger partial charge >= 0.3 is 12.0 Å². The van der Waals surface area contributed by atoms with Crippen LogP contribution in [-0.4, -0.2) is 69.3 Å². The first-order valence-electron chi connectivity index (χ1n) is 11.3. The molecule has 0 radical (unpaired) electrons. The summed E-state index contributed by atoms with van der Waals surface area (Å²) in [6, 6.07) is 14.4. The number of fused-ring (bicyclic) bond motifs is 1. The average molecular weight is 465 g/mol. The molecule has 9 nitrogen and oxygen atoms in total. The fourth-order valence-corrected chi connectivity index (χ4v) is 4.36. The highest BCUT2D eigenvalue weighted by atomic mass is 16.4. The van der Waals surface area contributed by atoms with E-state index < -0.39 is 30.2 Å². The zero-order valence-corrected chi connectivity index (χ0v) is 18.6. The van der Waals surface area contributed by atoms with Crippen LogP contribution in [0, 0.1) is 0 Å². The first-order chi connectivity index (χ1) is 16.4. The minimum atomic E-state index is -1.10. The van der Waals surface area contributed by atoms with E-state index >= 15 is 0 Å². The predicted molar refractivity (Wildman–Crippen MR) is 126 cm³/mol. The number of aromatic nitrogens is 1. The van der Waals surface area contributed by atoms with E-state index in [0.29, 0.717) is 31.4 Å².